The van der Waals surface area contributed by atoms with E-state index in [2.05, 4.69) is 10.1 Å². The van der Waals surface area contributed by atoms with Crippen LogP contribution in [0.5, 0.6) is 0 Å². The molecule has 3 aromatic carbocycles. The van der Waals surface area contributed by atoms with Crippen LogP contribution in [0.15, 0.2) is 77.7 Å². The molecule has 10 heteroatoms. The van der Waals surface area contributed by atoms with Gasteiger partial charge in [-0.05, 0) is 31.2 Å². The van der Waals surface area contributed by atoms with Crippen molar-refractivity contribution in [2.24, 2.45) is 0 Å². The number of nitro benzene ring substituents is 1. The summed E-state index contributed by atoms with van der Waals surface area (Å²) in [5.74, 6) is -0.582. The fourth-order valence-electron chi connectivity index (χ4n) is 3.29. The van der Waals surface area contributed by atoms with Gasteiger partial charge in [-0.2, -0.15) is 0 Å². The van der Waals surface area contributed by atoms with Crippen molar-refractivity contribution in [1.29, 1.82) is 0 Å². The summed E-state index contributed by atoms with van der Waals surface area (Å²) in [5, 5.41) is 15.3. The zero-order chi connectivity index (χ0) is 22.2. The van der Waals surface area contributed by atoms with E-state index in [0.29, 0.717) is 11.3 Å². The fourth-order valence-corrected chi connectivity index (χ4v) is 4.34. The molecule has 158 valence electrons. The number of sulfonamides is 1. The molecule has 3 aromatic rings. The van der Waals surface area contributed by atoms with Crippen LogP contribution in [0.3, 0.4) is 0 Å². The zero-order valence-corrected chi connectivity index (χ0v) is 17.2. The molecule has 4 rings (SSSR count). The van der Waals surface area contributed by atoms with E-state index in [1.807, 2.05) is 6.92 Å². The summed E-state index contributed by atoms with van der Waals surface area (Å²) in [7, 11) is -4.10. The third-order valence-corrected chi connectivity index (χ3v) is 6.20. The van der Waals surface area contributed by atoms with Crippen LogP contribution in [0.2, 0.25) is 0 Å². The Morgan fingerprint density at radius 1 is 1.03 bits per heavy atom. The van der Waals surface area contributed by atoms with Crippen molar-refractivity contribution in [3.05, 3.63) is 99.6 Å². The first-order valence-electron chi connectivity index (χ1n) is 9.29. The Labute approximate surface area is 178 Å². The highest BCUT2D eigenvalue weighted by Gasteiger charge is 2.36. The maximum Gasteiger partial charge on any atom is 0.273 e. The fraction of sp³-hybridized carbons (Fsp3) is 0.0952. The number of anilines is 1. The van der Waals surface area contributed by atoms with Crippen LogP contribution in [0.4, 0.5) is 11.4 Å². The predicted molar refractivity (Wildman–Crippen MR) is 114 cm³/mol. The second-order valence-electron chi connectivity index (χ2n) is 7.03. The number of non-ortho nitro benzene ring substituents is 1. The number of aryl methyl sites for hydroxylation is 1. The minimum atomic E-state index is -4.10. The Kier molecular flexibility index (Phi) is 5.17. The molecule has 0 fully saturated rings. The number of rotatable bonds is 5. The van der Waals surface area contributed by atoms with Gasteiger partial charge in [-0.25, -0.2) is 13.4 Å². The van der Waals surface area contributed by atoms with Gasteiger partial charge in [0.25, 0.3) is 21.6 Å². The Morgan fingerprint density at radius 2 is 1.74 bits per heavy atom. The van der Waals surface area contributed by atoms with Crippen LogP contribution in [0.25, 0.3) is 0 Å². The molecule has 0 spiro atoms. The molecule has 31 heavy (non-hydrogen) atoms. The van der Waals surface area contributed by atoms with Crippen LogP contribution in [0, 0.1) is 17.0 Å². The molecule has 9 nitrogen and oxygen atoms in total. The van der Waals surface area contributed by atoms with Crippen molar-refractivity contribution < 1.29 is 18.1 Å². The van der Waals surface area contributed by atoms with E-state index in [-0.39, 0.29) is 16.1 Å². The molecule has 0 saturated carbocycles. The standard InChI is InChI=1S/C21H18N4O5S/c1-14-9-11-17(12-10-14)31(29,30)23-24-20(15-5-4-6-16(13-15)25(27)28)22-19-8-3-2-7-18(19)21(24)26/h2-13,20,22-23H,1H3. The normalized spacial score (nSPS) is 15.8. The lowest BCUT2D eigenvalue weighted by molar-refractivity contribution is -0.384. The van der Waals surface area contributed by atoms with E-state index < -0.39 is 27.0 Å². The Morgan fingerprint density at radius 3 is 2.45 bits per heavy atom. The third kappa shape index (κ3) is 3.98. The molecule has 0 aromatic heterocycles. The van der Waals surface area contributed by atoms with Gasteiger partial charge in [0, 0.05) is 23.4 Å². The molecule has 0 bridgehead atoms. The number of hydrogen-bond acceptors (Lipinski definition) is 6. The highest BCUT2D eigenvalue weighted by molar-refractivity contribution is 7.89. The van der Waals surface area contributed by atoms with Crippen LogP contribution in [-0.4, -0.2) is 24.3 Å². The smallest absolute Gasteiger partial charge is 0.273 e. The Bertz CT molecular complexity index is 1270. The van der Waals surface area contributed by atoms with Gasteiger partial charge >= 0.3 is 0 Å². The minimum Gasteiger partial charge on any atom is -0.360 e. The number of amides is 1. The average molecular weight is 438 g/mol. The molecule has 0 radical (unpaired) electrons. The number of carbonyl (C=O) groups excluding carboxylic acids is 1. The van der Waals surface area contributed by atoms with E-state index in [4.69, 9.17) is 0 Å². The summed E-state index contributed by atoms with van der Waals surface area (Å²) < 4.78 is 26.0. The van der Waals surface area contributed by atoms with Crippen LogP contribution < -0.4 is 10.1 Å². The highest BCUT2D eigenvalue weighted by atomic mass is 32.2. The maximum atomic E-state index is 13.2. The average Bonchev–Trinajstić information content (AvgIpc) is 2.76. The number of carbonyl (C=O) groups is 1. The van der Waals surface area contributed by atoms with Crippen molar-refractivity contribution in [3.63, 3.8) is 0 Å². The number of nitrogens with zero attached hydrogens (tertiary/aromatic N) is 2. The first-order chi connectivity index (χ1) is 14.8. The summed E-state index contributed by atoms with van der Waals surface area (Å²) in [6, 6.07) is 18.5. The van der Waals surface area contributed by atoms with Crippen LogP contribution >= 0.6 is 0 Å². The Balaban J connectivity index is 1.78. The molecule has 1 atom stereocenters. The number of para-hydroxylation sites is 1. The second-order valence-corrected chi connectivity index (χ2v) is 8.69. The van der Waals surface area contributed by atoms with Crippen LogP contribution in [-0.2, 0) is 10.0 Å². The predicted octanol–water partition coefficient (Wildman–Crippen LogP) is 3.36. The molecule has 1 unspecified atom stereocenters. The van der Waals surface area contributed by atoms with Gasteiger partial charge in [0.15, 0.2) is 0 Å². The van der Waals surface area contributed by atoms with Crippen molar-refractivity contribution >= 4 is 27.3 Å². The van der Waals surface area contributed by atoms with E-state index in [1.54, 1.807) is 42.5 Å². The van der Waals surface area contributed by atoms with Crippen molar-refractivity contribution in [3.8, 4) is 0 Å². The van der Waals surface area contributed by atoms with E-state index in [0.717, 1.165) is 10.6 Å². The summed E-state index contributed by atoms with van der Waals surface area (Å²) in [5.41, 5.74) is 1.83. The van der Waals surface area contributed by atoms with Crippen molar-refractivity contribution in [2.45, 2.75) is 18.0 Å². The lowest BCUT2D eigenvalue weighted by Crippen LogP contribution is -2.52. The largest absolute Gasteiger partial charge is 0.360 e. The van der Waals surface area contributed by atoms with Crippen LogP contribution in [0.1, 0.15) is 27.7 Å². The number of fused-ring (bicyclic) bond motifs is 1. The number of nitro groups is 1. The van der Waals surface area contributed by atoms with E-state index >= 15 is 0 Å². The van der Waals surface area contributed by atoms with E-state index in [9.17, 15) is 23.3 Å². The summed E-state index contributed by atoms with van der Waals surface area (Å²) in [6.45, 7) is 1.83. The molecule has 0 saturated heterocycles. The van der Waals surface area contributed by atoms with Gasteiger partial charge in [-0.15, -0.1) is 4.83 Å². The molecule has 0 aliphatic carbocycles. The molecule has 1 aliphatic heterocycles. The first kappa shape index (κ1) is 20.5. The molecule has 1 heterocycles. The van der Waals surface area contributed by atoms with Gasteiger partial charge in [0.2, 0.25) is 0 Å². The van der Waals surface area contributed by atoms with Crippen molar-refractivity contribution in [1.82, 2.24) is 9.84 Å². The lowest BCUT2D eigenvalue weighted by atomic mass is 10.0. The van der Waals surface area contributed by atoms with Gasteiger partial charge < -0.3 is 5.32 Å². The molecular formula is C21H18N4O5S. The lowest BCUT2D eigenvalue weighted by Gasteiger charge is -2.37. The highest BCUT2D eigenvalue weighted by Crippen LogP contribution is 2.33. The maximum absolute atomic E-state index is 13.2. The molecular weight excluding hydrogens is 420 g/mol. The third-order valence-electron chi connectivity index (χ3n) is 4.87. The van der Waals surface area contributed by atoms with Gasteiger partial charge in [-0.3, -0.25) is 14.9 Å². The minimum absolute atomic E-state index is 0.0115. The van der Waals surface area contributed by atoms with Crippen molar-refractivity contribution in [2.75, 3.05) is 5.32 Å². The monoisotopic (exact) mass is 438 g/mol. The summed E-state index contributed by atoms with van der Waals surface area (Å²) >= 11 is 0. The first-order valence-corrected chi connectivity index (χ1v) is 10.8. The van der Waals surface area contributed by atoms with Gasteiger partial charge in [0.1, 0.15) is 6.17 Å². The molecule has 2 N–H and O–H groups in total. The Hall–Kier alpha value is -3.76. The van der Waals surface area contributed by atoms with E-state index in [1.165, 1.54) is 30.3 Å². The molecule has 1 amide bonds. The second kappa shape index (κ2) is 7.82. The summed E-state index contributed by atoms with van der Waals surface area (Å²) in [4.78, 5) is 26.2. The molecule has 1 aliphatic rings. The van der Waals surface area contributed by atoms with Gasteiger partial charge in [-0.1, -0.05) is 42.0 Å². The number of nitrogens with one attached hydrogen (secondary N) is 2. The number of hydrazine groups is 1. The quantitative estimate of drug-likeness (QED) is 0.465. The zero-order valence-electron chi connectivity index (χ0n) is 16.3. The number of hydrogen-bond donors (Lipinski definition) is 2. The summed E-state index contributed by atoms with van der Waals surface area (Å²) in [6.07, 6.45) is -0.998. The van der Waals surface area contributed by atoms with Gasteiger partial charge in [0.05, 0.1) is 15.4 Å². The SMILES string of the molecule is Cc1ccc(S(=O)(=O)NN2C(=O)c3ccccc3NC2c2cccc([N+](=O)[O-])c2)cc1. The topological polar surface area (TPSA) is 122 Å². The number of benzene rings is 3.